The van der Waals surface area contributed by atoms with Gasteiger partial charge in [-0.25, -0.2) is 4.98 Å². The fraction of sp³-hybridized carbons (Fsp3) is 0.400. The average molecular weight is 141 g/mol. The molecule has 2 N–H and O–H groups in total. The van der Waals surface area contributed by atoms with Crippen LogP contribution in [0.3, 0.4) is 0 Å². The lowest BCUT2D eigenvalue weighted by atomic mass is 10.3. The predicted molar refractivity (Wildman–Crippen MR) is 40.3 cm³/mol. The normalized spacial score (nSPS) is 10.3. The molecule has 1 aromatic rings. The highest BCUT2D eigenvalue weighted by molar-refractivity contribution is 6.06. The first kappa shape index (κ1) is 6.51. The third-order valence-electron chi connectivity index (χ3n) is 1.16. The quantitative estimate of drug-likeness (QED) is 0.510. The summed E-state index contributed by atoms with van der Waals surface area (Å²) < 4.78 is 2.06. The Labute approximate surface area is 57.4 Å². The molecule has 0 unspecified atom stereocenters. The van der Waals surface area contributed by atoms with Crippen LogP contribution >= 0.6 is 0 Å². The van der Waals surface area contributed by atoms with E-state index in [2.05, 4.69) is 9.22 Å². The Morgan fingerprint density at radius 2 is 2.56 bits per heavy atom. The fourth-order valence-electron chi connectivity index (χ4n) is 0.744. The monoisotopic (exact) mass is 141 g/mol. The van der Waals surface area contributed by atoms with Crippen LogP contribution in [0.1, 0.15) is 5.69 Å². The Balaban J connectivity index is 2.61. The SMILES string of the molecule is NCCc1cn([SiH3])cn1. The van der Waals surface area contributed by atoms with Gasteiger partial charge in [-0.05, 0) is 6.54 Å². The molecule has 0 fully saturated rings. The molecule has 1 heterocycles. The van der Waals surface area contributed by atoms with E-state index in [1.165, 1.54) is 0 Å². The summed E-state index contributed by atoms with van der Waals surface area (Å²) in [6, 6.07) is 0. The molecule has 0 saturated heterocycles. The Kier molecular flexibility index (Phi) is 2.02. The average Bonchev–Trinajstić information content (AvgIpc) is 2.17. The Morgan fingerprint density at radius 1 is 1.78 bits per heavy atom. The van der Waals surface area contributed by atoms with Crippen molar-refractivity contribution in [2.45, 2.75) is 6.42 Å². The first-order chi connectivity index (χ1) is 4.33. The molecule has 50 valence electrons. The van der Waals surface area contributed by atoms with Crippen molar-refractivity contribution in [2.24, 2.45) is 5.73 Å². The Morgan fingerprint density at radius 3 is 3.00 bits per heavy atom. The zero-order valence-corrected chi connectivity index (χ0v) is 7.54. The largest absolute Gasteiger partial charge is 0.373 e. The van der Waals surface area contributed by atoms with E-state index in [-0.39, 0.29) is 0 Å². The molecular weight excluding hydrogens is 130 g/mol. The van der Waals surface area contributed by atoms with Crippen LogP contribution < -0.4 is 5.73 Å². The first-order valence-corrected chi connectivity index (χ1v) is 3.89. The van der Waals surface area contributed by atoms with Gasteiger partial charge in [0.2, 0.25) is 0 Å². The summed E-state index contributed by atoms with van der Waals surface area (Å²) in [4.78, 5) is 4.12. The number of rotatable bonds is 2. The molecule has 1 aromatic heterocycles. The number of imidazole rings is 1. The topological polar surface area (TPSA) is 43.8 Å². The minimum atomic E-state index is 0.693. The van der Waals surface area contributed by atoms with Crippen molar-refractivity contribution in [1.82, 2.24) is 9.22 Å². The van der Waals surface area contributed by atoms with Crippen molar-refractivity contribution in [3.05, 3.63) is 18.2 Å². The molecule has 0 spiro atoms. The maximum absolute atomic E-state index is 5.33. The maximum atomic E-state index is 5.33. The molecule has 0 aliphatic carbocycles. The standard InChI is InChI=1S/C5H11N3Si/c6-2-1-5-3-8(9)4-7-5/h3-4H,1-2,6H2,9H3. The lowest BCUT2D eigenvalue weighted by Crippen LogP contribution is -2.02. The van der Waals surface area contributed by atoms with Crippen LogP contribution in [0.5, 0.6) is 0 Å². The highest BCUT2D eigenvalue weighted by Gasteiger charge is 1.91. The van der Waals surface area contributed by atoms with Crippen LogP contribution in [-0.2, 0) is 6.42 Å². The van der Waals surface area contributed by atoms with Crippen molar-refractivity contribution in [3.63, 3.8) is 0 Å². The number of aromatic nitrogens is 2. The second kappa shape index (κ2) is 2.79. The van der Waals surface area contributed by atoms with Crippen LogP contribution in [0.25, 0.3) is 0 Å². The minimum absolute atomic E-state index is 0.693. The second-order valence-corrected chi connectivity index (χ2v) is 3.10. The molecule has 3 nitrogen and oxygen atoms in total. The summed E-state index contributed by atoms with van der Waals surface area (Å²) in [6.07, 6.45) is 4.78. The van der Waals surface area contributed by atoms with Gasteiger partial charge >= 0.3 is 0 Å². The highest BCUT2D eigenvalue weighted by Crippen LogP contribution is 1.91. The molecule has 4 heteroatoms. The summed E-state index contributed by atoms with van der Waals surface area (Å²) in [5, 5.41) is 0. The Hall–Kier alpha value is -0.613. The van der Waals surface area contributed by atoms with Gasteiger partial charge in [0.25, 0.3) is 0 Å². The highest BCUT2D eigenvalue weighted by atomic mass is 28.2. The van der Waals surface area contributed by atoms with Gasteiger partial charge in [-0.1, -0.05) is 0 Å². The van der Waals surface area contributed by atoms with Crippen LogP contribution in [0, 0.1) is 0 Å². The summed E-state index contributed by atoms with van der Waals surface area (Å²) in [5.41, 5.74) is 6.44. The molecule has 0 aliphatic heterocycles. The van der Waals surface area contributed by atoms with Crippen LogP contribution in [0.4, 0.5) is 0 Å². The second-order valence-electron chi connectivity index (χ2n) is 2.07. The molecule has 9 heavy (non-hydrogen) atoms. The molecule has 1 rings (SSSR count). The molecule has 0 bridgehead atoms. The molecule has 0 amide bonds. The van der Waals surface area contributed by atoms with E-state index in [1.54, 1.807) is 0 Å². The van der Waals surface area contributed by atoms with Gasteiger partial charge < -0.3 is 9.97 Å². The molecule has 0 saturated carbocycles. The van der Waals surface area contributed by atoms with E-state index in [1.807, 2.05) is 12.5 Å². The van der Waals surface area contributed by atoms with Crippen LogP contribution in [0.2, 0.25) is 0 Å². The summed E-state index contributed by atoms with van der Waals surface area (Å²) in [7, 11) is 1.02. The maximum Gasteiger partial charge on any atom is 0.114 e. The molecule has 0 aromatic carbocycles. The number of nitrogens with two attached hydrogens (primary N) is 1. The Bertz CT molecular complexity index is 184. The number of hydrogen-bond donors (Lipinski definition) is 1. The van der Waals surface area contributed by atoms with Gasteiger partial charge in [-0.3, -0.25) is 0 Å². The summed E-state index contributed by atoms with van der Waals surface area (Å²) >= 11 is 0. The third-order valence-corrected chi connectivity index (χ3v) is 1.65. The van der Waals surface area contributed by atoms with Crippen molar-refractivity contribution < 1.29 is 0 Å². The van der Waals surface area contributed by atoms with Gasteiger partial charge in [0.1, 0.15) is 10.4 Å². The van der Waals surface area contributed by atoms with E-state index in [0.29, 0.717) is 6.54 Å². The van der Waals surface area contributed by atoms with E-state index in [9.17, 15) is 0 Å². The number of hydrogen-bond acceptors (Lipinski definition) is 2. The van der Waals surface area contributed by atoms with Gasteiger partial charge in [0.15, 0.2) is 0 Å². The van der Waals surface area contributed by atoms with Crippen molar-refractivity contribution >= 4 is 10.4 Å². The summed E-state index contributed by atoms with van der Waals surface area (Å²) in [6.45, 7) is 0.693. The lowest BCUT2D eigenvalue weighted by molar-refractivity contribution is 0.935. The zero-order valence-electron chi connectivity index (χ0n) is 5.54. The zero-order chi connectivity index (χ0) is 6.69. The fourth-order valence-corrected chi connectivity index (χ4v) is 1.16. The summed E-state index contributed by atoms with van der Waals surface area (Å²) in [5.74, 6) is 0. The molecule has 0 atom stereocenters. The van der Waals surface area contributed by atoms with Gasteiger partial charge in [0.05, 0.1) is 12.0 Å². The smallest absolute Gasteiger partial charge is 0.114 e. The van der Waals surface area contributed by atoms with Gasteiger partial charge in [-0.2, -0.15) is 0 Å². The van der Waals surface area contributed by atoms with E-state index in [4.69, 9.17) is 5.73 Å². The molecular formula is C5H11N3Si. The van der Waals surface area contributed by atoms with Crippen molar-refractivity contribution in [1.29, 1.82) is 0 Å². The van der Waals surface area contributed by atoms with Crippen molar-refractivity contribution in [2.75, 3.05) is 6.54 Å². The first-order valence-electron chi connectivity index (χ1n) is 3.00. The van der Waals surface area contributed by atoms with Crippen LogP contribution in [-0.4, -0.2) is 26.2 Å². The van der Waals surface area contributed by atoms with Crippen molar-refractivity contribution in [3.8, 4) is 0 Å². The van der Waals surface area contributed by atoms with E-state index >= 15 is 0 Å². The predicted octanol–water partition coefficient (Wildman–Crippen LogP) is -1.49. The van der Waals surface area contributed by atoms with Gasteiger partial charge in [-0.15, -0.1) is 0 Å². The number of nitrogens with zero attached hydrogens (tertiary/aromatic N) is 2. The third kappa shape index (κ3) is 1.65. The van der Waals surface area contributed by atoms with Crippen LogP contribution in [0.15, 0.2) is 12.5 Å². The van der Waals surface area contributed by atoms with Gasteiger partial charge in [0, 0.05) is 12.6 Å². The van der Waals surface area contributed by atoms with E-state index < -0.39 is 0 Å². The minimum Gasteiger partial charge on any atom is -0.373 e. The van der Waals surface area contributed by atoms with E-state index in [0.717, 1.165) is 22.5 Å². The molecule has 0 radical (unpaired) electrons. The molecule has 0 aliphatic rings. The lowest BCUT2D eigenvalue weighted by Gasteiger charge is -1.86.